The van der Waals surface area contributed by atoms with Gasteiger partial charge in [-0.3, -0.25) is 0 Å². The van der Waals surface area contributed by atoms with Crippen LogP contribution in [0.15, 0.2) is 158 Å². The molecule has 0 radical (unpaired) electrons. The Balaban J connectivity index is 0. The molecule has 0 aliphatic carbocycles. The molecule has 0 bridgehead atoms. The maximum absolute atomic E-state index is 9.75. The molecule has 0 spiro atoms. The molecule has 0 fully saturated rings. The number of benzene rings is 2. The van der Waals surface area contributed by atoms with Crippen LogP contribution in [-0.4, -0.2) is 34.4 Å². The number of nitrogens with zero attached hydrogens (tertiary/aromatic N) is 6. The molecule has 6 nitrogen and oxygen atoms in total. The van der Waals surface area contributed by atoms with Crippen molar-refractivity contribution < 1.29 is 68.7 Å². The van der Waals surface area contributed by atoms with Gasteiger partial charge in [-0.1, -0.05) is 60.7 Å². The van der Waals surface area contributed by atoms with Crippen molar-refractivity contribution in [1.82, 2.24) is 19.9 Å². The maximum atomic E-state index is 9.75. The van der Waals surface area contributed by atoms with E-state index in [4.69, 9.17) is 10.5 Å². The molecule has 0 unspecified atom stereocenters. The summed E-state index contributed by atoms with van der Waals surface area (Å²) < 4.78 is 78.0. The second kappa shape index (κ2) is 30.7. The summed E-state index contributed by atoms with van der Waals surface area (Å²) in [6.07, 6.45) is 7.41. The van der Waals surface area contributed by atoms with E-state index < -0.39 is 30.4 Å². The molecule has 56 heavy (non-hydrogen) atoms. The molecule has 6 aromatic rings. The first kappa shape index (κ1) is 53.6. The van der Waals surface area contributed by atoms with Crippen LogP contribution in [0, 0.1) is 22.7 Å². The van der Waals surface area contributed by atoms with E-state index in [0.717, 1.165) is 21.7 Å². The maximum Gasteiger partial charge on any atom is 1.00 e. The molecule has 6 rings (SSSR count). The van der Waals surface area contributed by atoms with Gasteiger partial charge >= 0.3 is 48.6 Å². The molecule has 2 aromatic carbocycles. The Bertz CT molecular complexity index is 1580. The van der Waals surface area contributed by atoms with Crippen molar-refractivity contribution in [2.45, 2.75) is 13.8 Å². The quantitative estimate of drug-likeness (QED) is 0.0972. The monoisotopic (exact) mass is 912 g/mol. The standard InChI is InChI=1S/2C16H13N2P.2C2H3N.2BF4.2Cu/c2*1-2-8-14(9-3-1)19(15-10-4-6-12-17-15)16-11-5-7-13-18-16;2*1-2-3;2*2-1(3,4)5;;/h2*1-13H;2*1H3;;;;/q;;;;2*-1;2*+1/p+2. The van der Waals surface area contributed by atoms with Crippen molar-refractivity contribution in [2.75, 3.05) is 0 Å². The van der Waals surface area contributed by atoms with Gasteiger partial charge < -0.3 is 34.5 Å². The smallest absolute Gasteiger partial charge is 0.418 e. The molecular weight excluding hydrogens is 879 g/mol. The summed E-state index contributed by atoms with van der Waals surface area (Å²) in [5.74, 6) is 0. The number of pyridine rings is 4. The van der Waals surface area contributed by atoms with E-state index in [2.05, 4.69) is 92.7 Å². The van der Waals surface area contributed by atoms with Crippen molar-refractivity contribution in [3.05, 3.63) is 158 Å². The SMILES string of the molecule is CC#N.CC#N.F[B-](F)(F)F.F[B-](F)(F)F.[Cu+].[Cu+].c1ccc([PH+](c2ccccn2)c2ccccn2)cc1.c1ccc([PH+](c2ccccn2)c2ccccn2)cc1. The number of halogens is 8. The predicted octanol–water partition coefficient (Wildman–Crippen LogP) is 7.59. The Morgan fingerprint density at radius 2 is 0.571 bits per heavy atom. The average Bonchev–Trinajstić information content (AvgIpc) is 3.14. The van der Waals surface area contributed by atoms with Crippen LogP contribution >= 0.6 is 15.8 Å². The Kier molecular flexibility index (Phi) is 29.4. The average molecular weight is 913 g/mol. The minimum absolute atomic E-state index is 0. The fourth-order valence-corrected chi connectivity index (χ4v) is 8.73. The van der Waals surface area contributed by atoms with Crippen LogP contribution in [-0.2, 0) is 34.1 Å². The van der Waals surface area contributed by atoms with Crippen LogP contribution in [0.5, 0.6) is 0 Å². The molecule has 0 aliphatic rings. The summed E-state index contributed by atoms with van der Waals surface area (Å²) in [7, 11) is -14.2. The van der Waals surface area contributed by atoms with Gasteiger partial charge in [0.2, 0.25) is 0 Å². The van der Waals surface area contributed by atoms with Crippen molar-refractivity contribution in [2.24, 2.45) is 0 Å². The number of hydrogen-bond donors (Lipinski definition) is 0. The zero-order valence-electron chi connectivity index (χ0n) is 29.5. The first-order chi connectivity index (χ1) is 25.7. The second-order valence-electron chi connectivity index (χ2n) is 9.78. The van der Waals surface area contributed by atoms with E-state index in [1.54, 1.807) is 12.1 Å². The van der Waals surface area contributed by atoms with E-state index >= 15 is 0 Å². The van der Waals surface area contributed by atoms with Gasteiger partial charge in [-0.25, -0.2) is 19.9 Å². The van der Waals surface area contributed by atoms with Crippen molar-refractivity contribution in [3.8, 4) is 12.1 Å². The first-order valence-electron chi connectivity index (χ1n) is 15.6. The van der Waals surface area contributed by atoms with Gasteiger partial charge in [-0.15, -0.1) is 0 Å². The molecule has 0 saturated carbocycles. The van der Waals surface area contributed by atoms with Crippen LogP contribution in [0.25, 0.3) is 0 Å². The molecule has 4 heterocycles. The summed E-state index contributed by atoms with van der Waals surface area (Å²) in [5.41, 5.74) is 4.49. The molecule has 4 aromatic heterocycles. The number of nitriles is 2. The summed E-state index contributed by atoms with van der Waals surface area (Å²) in [6, 6.07) is 48.9. The van der Waals surface area contributed by atoms with Gasteiger partial charge in [0.25, 0.3) is 0 Å². The zero-order chi connectivity index (χ0) is 40.2. The molecular formula is C36H34B2Cu2F8N6P2+2. The largest absolute Gasteiger partial charge is 1.00 e. The summed E-state index contributed by atoms with van der Waals surface area (Å²) in [4.78, 5) is 18.1. The molecule has 20 heteroatoms. The van der Waals surface area contributed by atoms with E-state index in [9.17, 15) is 34.5 Å². The molecule has 0 saturated heterocycles. The number of hydrogen-bond acceptors (Lipinski definition) is 6. The van der Waals surface area contributed by atoms with Crippen LogP contribution in [0.4, 0.5) is 34.5 Å². The van der Waals surface area contributed by atoms with Gasteiger partial charge in [-0.2, -0.15) is 10.5 Å². The number of aromatic nitrogens is 4. The third-order valence-corrected chi connectivity index (χ3v) is 10.9. The summed E-state index contributed by atoms with van der Waals surface area (Å²) >= 11 is 0. The fourth-order valence-electron chi connectivity index (χ4n) is 4.11. The van der Waals surface area contributed by atoms with E-state index in [1.807, 2.05) is 85.5 Å². The minimum atomic E-state index is -6.00. The molecule has 0 aliphatic heterocycles. The van der Waals surface area contributed by atoms with Crippen molar-refractivity contribution in [3.63, 3.8) is 0 Å². The van der Waals surface area contributed by atoms with E-state index in [1.165, 1.54) is 24.5 Å². The van der Waals surface area contributed by atoms with Crippen LogP contribution in [0.3, 0.4) is 0 Å². The van der Waals surface area contributed by atoms with Crippen molar-refractivity contribution in [1.29, 1.82) is 10.5 Å². The van der Waals surface area contributed by atoms with Crippen LogP contribution < -0.4 is 32.3 Å². The Morgan fingerprint density at radius 1 is 0.393 bits per heavy atom. The molecule has 0 amide bonds. The van der Waals surface area contributed by atoms with Gasteiger partial charge in [-0.05, 0) is 48.5 Å². The van der Waals surface area contributed by atoms with E-state index in [-0.39, 0.29) is 34.1 Å². The third kappa shape index (κ3) is 25.5. The van der Waals surface area contributed by atoms with Crippen molar-refractivity contribution >= 4 is 62.7 Å². The summed E-state index contributed by atoms with van der Waals surface area (Å²) in [6.45, 7) is 2.86. The molecule has 0 N–H and O–H groups in total. The van der Waals surface area contributed by atoms with E-state index in [0.29, 0.717) is 0 Å². The predicted molar refractivity (Wildman–Crippen MR) is 207 cm³/mol. The van der Waals surface area contributed by atoms with Gasteiger partial charge in [0.1, 0.15) is 26.5 Å². The Labute approximate surface area is 344 Å². The molecule has 0 atom stereocenters. The zero-order valence-corrected chi connectivity index (χ0v) is 33.4. The van der Waals surface area contributed by atoms with Crippen LogP contribution in [0.2, 0.25) is 0 Å². The van der Waals surface area contributed by atoms with Gasteiger partial charge in [0, 0.05) is 62.9 Å². The Morgan fingerprint density at radius 3 is 0.732 bits per heavy atom. The molecule has 300 valence electrons. The fraction of sp³-hybridized carbons (Fsp3) is 0.0556. The van der Waals surface area contributed by atoms with Gasteiger partial charge in [0.15, 0.2) is 21.7 Å². The minimum Gasteiger partial charge on any atom is -0.418 e. The van der Waals surface area contributed by atoms with Crippen LogP contribution in [0.1, 0.15) is 13.8 Å². The topological polar surface area (TPSA) is 99.1 Å². The summed E-state index contributed by atoms with van der Waals surface area (Å²) in [5, 5.41) is 17.3. The van der Waals surface area contributed by atoms with Gasteiger partial charge in [0.05, 0.1) is 12.1 Å². The Hall–Kier alpha value is -4.51. The first-order valence-corrected chi connectivity index (χ1v) is 18.6. The third-order valence-electron chi connectivity index (χ3n) is 5.81. The normalized spacial score (nSPS) is 9.61. The second-order valence-corrected chi connectivity index (χ2v) is 14.5. The number of rotatable bonds is 6.